The van der Waals surface area contributed by atoms with Crippen molar-refractivity contribution < 1.29 is 13.9 Å². The molecule has 3 heterocycles. The quantitative estimate of drug-likeness (QED) is 0.165. The van der Waals surface area contributed by atoms with E-state index in [1.807, 2.05) is 12.1 Å². The molecule has 57 heavy (non-hydrogen) atoms. The van der Waals surface area contributed by atoms with Gasteiger partial charge in [-0.2, -0.15) is 0 Å². The van der Waals surface area contributed by atoms with E-state index in [-0.39, 0.29) is 6.71 Å². The molecule has 0 saturated carbocycles. The molecule has 2 aliphatic heterocycles. The first kappa shape index (κ1) is 31.8. The van der Waals surface area contributed by atoms with Gasteiger partial charge in [0.05, 0.1) is 5.69 Å². The summed E-state index contributed by atoms with van der Waals surface area (Å²) in [5.74, 6) is 3.20. The van der Waals surface area contributed by atoms with Crippen molar-refractivity contribution in [3.63, 3.8) is 0 Å². The minimum Gasteiger partial charge on any atom is -0.458 e. The summed E-state index contributed by atoms with van der Waals surface area (Å²) in [5.41, 5.74) is 12.5. The van der Waals surface area contributed by atoms with Gasteiger partial charge in [0.1, 0.15) is 22.8 Å². The summed E-state index contributed by atoms with van der Waals surface area (Å²) in [4.78, 5) is 2.37. The van der Waals surface area contributed by atoms with Gasteiger partial charge < -0.3 is 18.8 Å². The number of hydrogen-bond donors (Lipinski definition) is 0. The predicted molar refractivity (Wildman–Crippen MR) is 234 cm³/mol. The number of furan rings is 1. The molecule has 0 bridgehead atoms. The third kappa shape index (κ3) is 4.95. The maximum atomic E-state index is 7.08. The molecule has 266 valence electrons. The van der Waals surface area contributed by atoms with Crippen molar-refractivity contribution >= 4 is 72.9 Å². The number of hydrogen-bond acceptors (Lipinski definition) is 4. The van der Waals surface area contributed by atoms with Crippen LogP contribution in [0.1, 0.15) is 0 Å². The van der Waals surface area contributed by atoms with Crippen LogP contribution in [0, 0.1) is 0 Å². The van der Waals surface area contributed by atoms with E-state index in [1.165, 1.54) is 0 Å². The van der Waals surface area contributed by atoms with E-state index in [0.717, 1.165) is 106 Å². The van der Waals surface area contributed by atoms with E-state index >= 15 is 0 Å². The van der Waals surface area contributed by atoms with Crippen LogP contribution in [0.2, 0.25) is 0 Å². The van der Waals surface area contributed by atoms with Crippen molar-refractivity contribution in [2.75, 3.05) is 4.90 Å². The Labute approximate surface area is 329 Å². The lowest BCUT2D eigenvalue weighted by molar-refractivity contribution is 0.462. The fourth-order valence-electron chi connectivity index (χ4n) is 9.03. The molecule has 0 saturated heterocycles. The third-order valence-corrected chi connectivity index (χ3v) is 11.5. The van der Waals surface area contributed by atoms with Gasteiger partial charge >= 0.3 is 0 Å². The second-order valence-corrected chi connectivity index (χ2v) is 14.8. The molecule has 10 aromatic rings. The Morgan fingerprint density at radius 3 is 1.60 bits per heavy atom. The van der Waals surface area contributed by atoms with Gasteiger partial charge in [-0.15, -0.1) is 0 Å². The number of nitrogens with zero attached hydrogens (tertiary/aromatic N) is 1. The lowest BCUT2D eigenvalue weighted by Gasteiger charge is -2.32. The molecule has 0 fully saturated rings. The fraction of sp³-hybridized carbons (Fsp3) is 0. The zero-order chi connectivity index (χ0) is 37.5. The van der Waals surface area contributed by atoms with Gasteiger partial charge in [-0.25, -0.2) is 0 Å². The molecule has 4 nitrogen and oxygen atoms in total. The Bertz CT molecular complexity index is 3120. The van der Waals surface area contributed by atoms with Crippen molar-refractivity contribution in [2.45, 2.75) is 0 Å². The van der Waals surface area contributed by atoms with Crippen LogP contribution < -0.4 is 30.8 Å². The van der Waals surface area contributed by atoms with E-state index in [1.54, 1.807) is 0 Å². The fourth-order valence-corrected chi connectivity index (χ4v) is 9.03. The minimum atomic E-state index is -0.0425. The van der Waals surface area contributed by atoms with Crippen LogP contribution >= 0.6 is 0 Å². The zero-order valence-electron chi connectivity index (χ0n) is 30.7. The van der Waals surface area contributed by atoms with Crippen molar-refractivity contribution in [1.82, 2.24) is 0 Å². The largest absolute Gasteiger partial charge is 0.458 e. The van der Waals surface area contributed by atoms with E-state index in [2.05, 4.69) is 187 Å². The molecule has 5 heteroatoms. The van der Waals surface area contributed by atoms with Gasteiger partial charge in [-0.1, -0.05) is 146 Å². The number of anilines is 3. The highest BCUT2D eigenvalue weighted by atomic mass is 16.5. The molecule has 0 N–H and O–H groups in total. The molecular formula is C52H32BNO3. The van der Waals surface area contributed by atoms with E-state index in [4.69, 9.17) is 13.9 Å². The van der Waals surface area contributed by atoms with Crippen LogP contribution in [-0.4, -0.2) is 6.71 Å². The SMILES string of the molecule is c1ccc(-c2cccc(N(c3cccc(-c4ccccc4)c3)c3cc4oc5c6c7c(cc5c4c4ccccc34)Oc3ccccc3B7c3ccccc3O6)c2)cc1. The number of fused-ring (bicyclic) bond motifs is 10. The average molecular weight is 730 g/mol. The Kier molecular flexibility index (Phi) is 6.99. The summed E-state index contributed by atoms with van der Waals surface area (Å²) >= 11 is 0. The molecular weight excluding hydrogens is 697 g/mol. The lowest BCUT2D eigenvalue weighted by Crippen LogP contribution is -2.57. The Hall–Kier alpha value is -7.50. The normalized spacial score (nSPS) is 12.5. The van der Waals surface area contributed by atoms with Crippen LogP contribution in [0.25, 0.3) is 55.0 Å². The highest BCUT2D eigenvalue weighted by Gasteiger charge is 2.42. The first-order valence-corrected chi connectivity index (χ1v) is 19.4. The standard InChI is InChI=1S/C52H32BNO3/c1-3-15-33(16-4-1)35-19-13-21-37(29-35)54(38-22-14-20-36(30-38)34-17-5-2-6-18-34)44-32-47-49(40-24-8-7-23-39(40)44)41-31-48-50-52(51(41)57-47)56-46-28-12-10-26-43(46)53(50)42-25-9-11-27-45(42)55-48/h1-32H. The summed E-state index contributed by atoms with van der Waals surface area (Å²) in [6, 6.07) is 68.4. The number of para-hydroxylation sites is 2. The highest BCUT2D eigenvalue weighted by Crippen LogP contribution is 2.49. The zero-order valence-corrected chi connectivity index (χ0v) is 30.7. The maximum absolute atomic E-state index is 7.08. The maximum Gasteiger partial charge on any atom is 0.260 e. The molecule has 12 rings (SSSR count). The van der Waals surface area contributed by atoms with Crippen LogP contribution in [0.5, 0.6) is 23.0 Å². The van der Waals surface area contributed by atoms with Gasteiger partial charge in [0.25, 0.3) is 6.71 Å². The van der Waals surface area contributed by atoms with E-state index < -0.39 is 0 Å². The number of benzene rings is 9. The van der Waals surface area contributed by atoms with E-state index in [9.17, 15) is 0 Å². The Morgan fingerprint density at radius 1 is 0.404 bits per heavy atom. The molecule has 0 atom stereocenters. The second kappa shape index (κ2) is 12.5. The lowest BCUT2D eigenvalue weighted by atomic mass is 9.35. The summed E-state index contributed by atoms with van der Waals surface area (Å²) in [7, 11) is 0. The van der Waals surface area contributed by atoms with Crippen LogP contribution in [-0.2, 0) is 0 Å². The van der Waals surface area contributed by atoms with Gasteiger partial charge in [0.2, 0.25) is 0 Å². The van der Waals surface area contributed by atoms with Crippen molar-refractivity contribution in [2.24, 2.45) is 0 Å². The molecule has 9 aromatic carbocycles. The van der Waals surface area contributed by atoms with Gasteiger partial charge in [-0.05, 0) is 81.0 Å². The smallest absolute Gasteiger partial charge is 0.260 e. The molecule has 0 aliphatic carbocycles. The molecule has 0 radical (unpaired) electrons. The molecule has 0 spiro atoms. The van der Waals surface area contributed by atoms with Gasteiger partial charge in [-0.3, -0.25) is 0 Å². The second-order valence-electron chi connectivity index (χ2n) is 14.8. The highest BCUT2D eigenvalue weighted by molar-refractivity contribution is 6.98. The summed E-state index contributed by atoms with van der Waals surface area (Å²) in [6.45, 7) is -0.0425. The molecule has 0 unspecified atom stereocenters. The Balaban J connectivity index is 1.13. The number of rotatable bonds is 5. The first-order valence-electron chi connectivity index (χ1n) is 19.4. The van der Waals surface area contributed by atoms with Crippen molar-refractivity contribution in [3.8, 4) is 45.3 Å². The topological polar surface area (TPSA) is 34.8 Å². The van der Waals surface area contributed by atoms with Gasteiger partial charge in [0.15, 0.2) is 11.3 Å². The summed E-state index contributed by atoms with van der Waals surface area (Å²) < 4.78 is 20.6. The van der Waals surface area contributed by atoms with Crippen LogP contribution in [0.3, 0.4) is 0 Å². The van der Waals surface area contributed by atoms with Crippen LogP contribution in [0.4, 0.5) is 17.1 Å². The summed E-state index contributed by atoms with van der Waals surface area (Å²) in [6.07, 6.45) is 0. The third-order valence-electron chi connectivity index (χ3n) is 11.5. The molecule has 0 amide bonds. The molecule has 2 aliphatic rings. The van der Waals surface area contributed by atoms with Crippen molar-refractivity contribution in [1.29, 1.82) is 0 Å². The monoisotopic (exact) mass is 729 g/mol. The van der Waals surface area contributed by atoms with Crippen molar-refractivity contribution in [3.05, 3.63) is 194 Å². The predicted octanol–water partition coefficient (Wildman–Crippen LogP) is 12.3. The minimum absolute atomic E-state index is 0.0425. The molecule has 1 aromatic heterocycles. The first-order chi connectivity index (χ1) is 28.3. The van der Waals surface area contributed by atoms with E-state index in [0.29, 0.717) is 5.75 Å². The number of ether oxygens (including phenoxy) is 2. The summed E-state index contributed by atoms with van der Waals surface area (Å²) in [5, 5.41) is 4.18. The van der Waals surface area contributed by atoms with Gasteiger partial charge in [0, 0.05) is 39.1 Å². The van der Waals surface area contributed by atoms with Crippen LogP contribution in [0.15, 0.2) is 199 Å². The average Bonchev–Trinajstić information content (AvgIpc) is 3.66. The Morgan fingerprint density at radius 2 is 0.947 bits per heavy atom.